The van der Waals surface area contributed by atoms with Gasteiger partial charge in [-0.2, -0.15) is 0 Å². The van der Waals surface area contributed by atoms with Crippen LogP contribution in [0.15, 0.2) is 53.5 Å². The molecule has 0 fully saturated rings. The summed E-state index contributed by atoms with van der Waals surface area (Å²) >= 11 is 0. The number of hydrogen-bond donors (Lipinski definition) is 2. The van der Waals surface area contributed by atoms with E-state index in [1.165, 1.54) is 5.56 Å². The van der Waals surface area contributed by atoms with Crippen molar-refractivity contribution in [2.75, 3.05) is 34.3 Å². The number of amides is 1. The number of benzene rings is 2. The molecule has 0 bridgehead atoms. The molecule has 0 aliphatic carbocycles. The fourth-order valence-corrected chi connectivity index (χ4v) is 2.68. The smallest absolute Gasteiger partial charge is 0.253 e. The first-order valence-electron chi connectivity index (χ1n) is 9.49. The SMILES string of the molecule is CCNC(=NCc1ccc(C(=O)N(C)C)cc1)NCCc1cccc(OC)c1. The molecule has 6 heteroatoms. The van der Waals surface area contributed by atoms with Gasteiger partial charge in [-0.1, -0.05) is 24.3 Å². The molecule has 0 aliphatic rings. The molecule has 150 valence electrons. The summed E-state index contributed by atoms with van der Waals surface area (Å²) in [4.78, 5) is 18.2. The molecule has 1 amide bonds. The van der Waals surface area contributed by atoms with Crippen LogP contribution in [-0.4, -0.2) is 51.1 Å². The zero-order chi connectivity index (χ0) is 20.4. The van der Waals surface area contributed by atoms with E-state index in [1.54, 1.807) is 26.1 Å². The number of nitrogens with zero attached hydrogens (tertiary/aromatic N) is 2. The van der Waals surface area contributed by atoms with Gasteiger partial charge in [-0.05, 0) is 48.7 Å². The Bertz CT molecular complexity index is 785. The highest BCUT2D eigenvalue weighted by Crippen LogP contribution is 2.12. The maximum absolute atomic E-state index is 12.0. The Labute approximate surface area is 167 Å². The molecule has 0 heterocycles. The topological polar surface area (TPSA) is 66.0 Å². The van der Waals surface area contributed by atoms with Crippen LogP contribution in [0.3, 0.4) is 0 Å². The van der Waals surface area contributed by atoms with Crippen LogP contribution < -0.4 is 15.4 Å². The van der Waals surface area contributed by atoms with Crippen LogP contribution in [0.5, 0.6) is 5.75 Å². The molecule has 2 aromatic carbocycles. The molecule has 0 atom stereocenters. The summed E-state index contributed by atoms with van der Waals surface area (Å²) in [5, 5.41) is 6.62. The fraction of sp³-hybridized carbons (Fsp3) is 0.364. The molecule has 2 aromatic rings. The van der Waals surface area contributed by atoms with E-state index in [-0.39, 0.29) is 5.91 Å². The standard InChI is InChI=1S/C22H30N4O2/c1-5-23-22(24-14-13-17-7-6-8-20(15-17)28-4)25-16-18-9-11-19(12-10-18)21(27)26(2)3/h6-12,15H,5,13-14,16H2,1-4H3,(H2,23,24,25). The minimum Gasteiger partial charge on any atom is -0.497 e. The quantitative estimate of drug-likeness (QED) is 0.544. The first-order valence-corrected chi connectivity index (χ1v) is 9.49. The maximum Gasteiger partial charge on any atom is 0.253 e. The van der Waals surface area contributed by atoms with Gasteiger partial charge in [-0.15, -0.1) is 0 Å². The van der Waals surface area contributed by atoms with Crippen LogP contribution in [0, 0.1) is 0 Å². The Kier molecular flexibility index (Phi) is 8.34. The van der Waals surface area contributed by atoms with Crippen molar-refractivity contribution in [3.8, 4) is 5.75 Å². The van der Waals surface area contributed by atoms with Gasteiger partial charge in [0.05, 0.1) is 13.7 Å². The minimum absolute atomic E-state index is 0.00241. The number of ether oxygens (including phenoxy) is 1. The lowest BCUT2D eigenvalue weighted by Gasteiger charge is -2.12. The molecule has 0 radical (unpaired) electrons. The third kappa shape index (κ3) is 6.61. The number of rotatable bonds is 8. The van der Waals surface area contributed by atoms with Crippen LogP contribution in [0.1, 0.15) is 28.4 Å². The molecule has 0 aromatic heterocycles. The van der Waals surface area contributed by atoms with Gasteiger partial charge in [-0.25, -0.2) is 4.99 Å². The van der Waals surface area contributed by atoms with Crippen LogP contribution in [0.4, 0.5) is 0 Å². The molecule has 0 spiro atoms. The van der Waals surface area contributed by atoms with Crippen molar-refractivity contribution in [1.82, 2.24) is 15.5 Å². The van der Waals surface area contributed by atoms with E-state index in [4.69, 9.17) is 4.74 Å². The Balaban J connectivity index is 1.91. The monoisotopic (exact) mass is 382 g/mol. The van der Waals surface area contributed by atoms with E-state index in [0.717, 1.165) is 36.8 Å². The van der Waals surface area contributed by atoms with Crippen molar-refractivity contribution in [2.45, 2.75) is 19.9 Å². The van der Waals surface area contributed by atoms with Crippen molar-refractivity contribution >= 4 is 11.9 Å². The van der Waals surface area contributed by atoms with E-state index in [2.05, 4.69) is 21.7 Å². The van der Waals surface area contributed by atoms with Crippen molar-refractivity contribution in [3.63, 3.8) is 0 Å². The van der Waals surface area contributed by atoms with Gasteiger partial charge in [0, 0.05) is 32.7 Å². The largest absolute Gasteiger partial charge is 0.497 e. The van der Waals surface area contributed by atoms with E-state index in [1.807, 2.05) is 49.4 Å². The molecule has 0 unspecified atom stereocenters. The van der Waals surface area contributed by atoms with Crippen LogP contribution in [0.2, 0.25) is 0 Å². The van der Waals surface area contributed by atoms with E-state index < -0.39 is 0 Å². The first-order chi connectivity index (χ1) is 13.5. The molecule has 0 saturated carbocycles. The number of carbonyl (C=O) groups excluding carboxylic acids is 1. The summed E-state index contributed by atoms with van der Waals surface area (Å²) in [7, 11) is 5.18. The third-order valence-corrected chi connectivity index (χ3v) is 4.21. The van der Waals surface area contributed by atoms with Gasteiger partial charge in [0.2, 0.25) is 0 Å². The first kappa shape index (κ1) is 21.3. The Morgan fingerprint density at radius 1 is 1.07 bits per heavy atom. The lowest BCUT2D eigenvalue weighted by atomic mass is 10.1. The molecule has 0 saturated heterocycles. The average molecular weight is 383 g/mol. The summed E-state index contributed by atoms with van der Waals surface area (Å²) in [5.41, 5.74) is 2.95. The molecule has 6 nitrogen and oxygen atoms in total. The number of nitrogens with one attached hydrogen (secondary N) is 2. The summed E-state index contributed by atoms with van der Waals surface area (Å²) in [6, 6.07) is 15.7. The van der Waals surface area contributed by atoms with Crippen molar-refractivity contribution in [1.29, 1.82) is 0 Å². The molecule has 2 rings (SSSR count). The van der Waals surface area contributed by atoms with E-state index in [0.29, 0.717) is 12.1 Å². The molecule has 0 aliphatic heterocycles. The second kappa shape index (κ2) is 11.0. The van der Waals surface area contributed by atoms with Crippen LogP contribution >= 0.6 is 0 Å². The summed E-state index contributed by atoms with van der Waals surface area (Å²) < 4.78 is 5.26. The molecule has 28 heavy (non-hydrogen) atoms. The number of guanidine groups is 1. The summed E-state index contributed by atoms with van der Waals surface area (Å²) in [6.07, 6.45) is 0.878. The zero-order valence-electron chi connectivity index (χ0n) is 17.2. The highest BCUT2D eigenvalue weighted by molar-refractivity contribution is 5.93. The van der Waals surface area contributed by atoms with Gasteiger partial charge in [0.1, 0.15) is 5.75 Å². The zero-order valence-corrected chi connectivity index (χ0v) is 17.2. The van der Waals surface area contributed by atoms with Crippen LogP contribution in [0.25, 0.3) is 0 Å². The second-order valence-electron chi connectivity index (χ2n) is 6.62. The van der Waals surface area contributed by atoms with Gasteiger partial charge in [0.25, 0.3) is 5.91 Å². The number of carbonyl (C=O) groups is 1. The molecular formula is C22H30N4O2. The lowest BCUT2D eigenvalue weighted by Crippen LogP contribution is -2.38. The Hall–Kier alpha value is -3.02. The normalized spacial score (nSPS) is 11.1. The highest BCUT2D eigenvalue weighted by Gasteiger charge is 2.07. The second-order valence-corrected chi connectivity index (χ2v) is 6.62. The van der Waals surface area contributed by atoms with Crippen molar-refractivity contribution in [3.05, 3.63) is 65.2 Å². The van der Waals surface area contributed by atoms with Gasteiger partial charge in [-0.3, -0.25) is 4.79 Å². The lowest BCUT2D eigenvalue weighted by molar-refractivity contribution is 0.0827. The Morgan fingerprint density at radius 3 is 2.46 bits per heavy atom. The van der Waals surface area contributed by atoms with Gasteiger partial charge < -0.3 is 20.3 Å². The van der Waals surface area contributed by atoms with Crippen molar-refractivity contribution in [2.24, 2.45) is 4.99 Å². The highest BCUT2D eigenvalue weighted by atomic mass is 16.5. The predicted octanol–water partition coefficient (Wildman–Crippen LogP) is 2.69. The third-order valence-electron chi connectivity index (χ3n) is 4.21. The Morgan fingerprint density at radius 2 is 1.82 bits per heavy atom. The van der Waals surface area contributed by atoms with E-state index >= 15 is 0 Å². The molecular weight excluding hydrogens is 352 g/mol. The number of hydrogen-bond acceptors (Lipinski definition) is 3. The van der Waals surface area contributed by atoms with Crippen molar-refractivity contribution < 1.29 is 9.53 Å². The maximum atomic E-state index is 12.0. The van der Waals surface area contributed by atoms with Gasteiger partial charge in [0.15, 0.2) is 5.96 Å². The summed E-state index contributed by atoms with van der Waals surface area (Å²) in [5.74, 6) is 1.65. The minimum atomic E-state index is 0.00241. The summed E-state index contributed by atoms with van der Waals surface area (Å²) in [6.45, 7) is 4.16. The van der Waals surface area contributed by atoms with Crippen LogP contribution in [-0.2, 0) is 13.0 Å². The van der Waals surface area contributed by atoms with E-state index in [9.17, 15) is 4.79 Å². The fourth-order valence-electron chi connectivity index (χ4n) is 2.68. The number of aliphatic imine (C=N–C) groups is 1. The van der Waals surface area contributed by atoms with Gasteiger partial charge >= 0.3 is 0 Å². The average Bonchev–Trinajstić information content (AvgIpc) is 2.72. The molecule has 2 N–H and O–H groups in total. The predicted molar refractivity (Wildman–Crippen MR) is 114 cm³/mol. The number of methoxy groups -OCH3 is 1.